The molecular formula is C6H14N4O2. The van der Waals surface area contributed by atoms with Crippen LogP contribution >= 0.6 is 0 Å². The van der Waals surface area contributed by atoms with Gasteiger partial charge in [-0.25, -0.2) is 4.79 Å². The van der Waals surface area contributed by atoms with Crippen LogP contribution in [-0.4, -0.2) is 32.3 Å². The van der Waals surface area contributed by atoms with E-state index in [0.29, 0.717) is 6.67 Å². The summed E-state index contributed by atoms with van der Waals surface area (Å²) in [4.78, 5) is 21.1. The molecule has 0 rings (SSSR count). The molecule has 3 amide bonds. The third-order valence-corrected chi connectivity index (χ3v) is 1.01. The van der Waals surface area contributed by atoms with Gasteiger partial charge < -0.3 is 21.3 Å². The van der Waals surface area contributed by atoms with Crippen molar-refractivity contribution in [1.82, 2.24) is 21.3 Å². The van der Waals surface area contributed by atoms with Crippen molar-refractivity contribution in [3.63, 3.8) is 0 Å². The third kappa shape index (κ3) is 6.81. The lowest BCUT2D eigenvalue weighted by Gasteiger charge is -2.06. The van der Waals surface area contributed by atoms with Crippen molar-refractivity contribution in [1.29, 1.82) is 0 Å². The van der Waals surface area contributed by atoms with Crippen LogP contribution in [0.3, 0.4) is 0 Å². The van der Waals surface area contributed by atoms with E-state index in [1.54, 1.807) is 7.05 Å². The van der Waals surface area contributed by atoms with Crippen LogP contribution in [-0.2, 0) is 4.79 Å². The maximum absolute atomic E-state index is 10.8. The summed E-state index contributed by atoms with van der Waals surface area (Å²) in [5.74, 6) is -0.177. The number of rotatable bonds is 4. The second-order valence-corrected chi connectivity index (χ2v) is 2.12. The van der Waals surface area contributed by atoms with E-state index >= 15 is 0 Å². The van der Waals surface area contributed by atoms with Crippen LogP contribution in [0.2, 0.25) is 0 Å². The third-order valence-electron chi connectivity index (χ3n) is 1.01. The second-order valence-electron chi connectivity index (χ2n) is 2.12. The molecule has 6 nitrogen and oxygen atoms in total. The van der Waals surface area contributed by atoms with Crippen molar-refractivity contribution < 1.29 is 9.59 Å². The van der Waals surface area contributed by atoms with E-state index in [2.05, 4.69) is 21.3 Å². The highest BCUT2D eigenvalue weighted by atomic mass is 16.2. The fraction of sp³-hybridized carbons (Fsp3) is 0.667. The number of carbonyl (C=O) groups excluding carboxylic acids is 2. The SMILES string of the molecule is CNCNC(=O)NCNC(C)=O. The first kappa shape index (κ1) is 10.7. The summed E-state index contributed by atoms with van der Waals surface area (Å²) in [6.45, 7) is 1.92. The maximum atomic E-state index is 10.8. The van der Waals surface area contributed by atoms with Gasteiger partial charge in [-0.15, -0.1) is 0 Å². The lowest BCUT2D eigenvalue weighted by molar-refractivity contribution is -0.118. The van der Waals surface area contributed by atoms with E-state index in [1.807, 2.05) is 0 Å². The highest BCUT2D eigenvalue weighted by Gasteiger charge is 1.96. The van der Waals surface area contributed by atoms with Crippen LogP contribution < -0.4 is 21.3 Å². The minimum absolute atomic E-state index is 0.144. The molecule has 70 valence electrons. The smallest absolute Gasteiger partial charge is 0.317 e. The van der Waals surface area contributed by atoms with Crippen LogP contribution in [0.1, 0.15) is 6.92 Å². The Morgan fingerprint density at radius 3 is 2.17 bits per heavy atom. The zero-order valence-corrected chi connectivity index (χ0v) is 7.23. The number of nitrogens with one attached hydrogen (secondary N) is 4. The Hall–Kier alpha value is -1.30. The molecule has 12 heavy (non-hydrogen) atoms. The van der Waals surface area contributed by atoms with Gasteiger partial charge in [0, 0.05) is 6.92 Å². The van der Waals surface area contributed by atoms with Crippen molar-refractivity contribution in [3.05, 3.63) is 0 Å². The van der Waals surface area contributed by atoms with Gasteiger partial charge in [-0.1, -0.05) is 0 Å². The molecule has 0 bridgehead atoms. The van der Waals surface area contributed by atoms with Gasteiger partial charge in [-0.05, 0) is 7.05 Å². The normalized spacial score (nSPS) is 8.83. The minimum Gasteiger partial charge on any atom is -0.339 e. The van der Waals surface area contributed by atoms with Gasteiger partial charge in [-0.2, -0.15) is 0 Å². The highest BCUT2D eigenvalue weighted by Crippen LogP contribution is 1.61. The molecule has 0 saturated carbocycles. The molecule has 0 aromatic carbocycles. The van der Waals surface area contributed by atoms with Gasteiger partial charge in [-0.3, -0.25) is 4.79 Å². The molecule has 0 aliphatic heterocycles. The summed E-state index contributed by atoms with van der Waals surface area (Å²) < 4.78 is 0. The fourth-order valence-corrected chi connectivity index (χ4v) is 0.480. The van der Waals surface area contributed by atoms with E-state index in [9.17, 15) is 9.59 Å². The topological polar surface area (TPSA) is 82.3 Å². The predicted octanol–water partition coefficient (Wildman–Crippen LogP) is -1.44. The van der Waals surface area contributed by atoms with E-state index < -0.39 is 0 Å². The van der Waals surface area contributed by atoms with Crippen LogP contribution in [0.4, 0.5) is 4.79 Å². The second kappa shape index (κ2) is 6.41. The zero-order valence-electron chi connectivity index (χ0n) is 7.23. The molecule has 0 radical (unpaired) electrons. The van der Waals surface area contributed by atoms with E-state index in [4.69, 9.17) is 0 Å². The monoisotopic (exact) mass is 174 g/mol. The van der Waals surface area contributed by atoms with Gasteiger partial charge in [0.2, 0.25) is 5.91 Å². The lowest BCUT2D eigenvalue weighted by Crippen LogP contribution is -2.44. The summed E-state index contributed by atoms with van der Waals surface area (Å²) in [5, 5.41) is 10.1. The Morgan fingerprint density at radius 1 is 1.08 bits per heavy atom. The summed E-state index contributed by atoms with van der Waals surface area (Å²) in [6, 6.07) is -0.321. The summed E-state index contributed by atoms with van der Waals surface area (Å²) in [6.07, 6.45) is 0. The van der Waals surface area contributed by atoms with Crippen molar-refractivity contribution in [2.75, 3.05) is 20.4 Å². The van der Waals surface area contributed by atoms with E-state index in [-0.39, 0.29) is 18.6 Å². The largest absolute Gasteiger partial charge is 0.339 e. The molecule has 0 fully saturated rings. The predicted molar refractivity (Wildman–Crippen MR) is 44.3 cm³/mol. The molecule has 4 N–H and O–H groups in total. The first-order valence-corrected chi connectivity index (χ1v) is 3.57. The molecule has 6 heteroatoms. The number of hydrogen-bond acceptors (Lipinski definition) is 3. The average Bonchev–Trinajstić information content (AvgIpc) is 2.00. The quantitative estimate of drug-likeness (QED) is 0.394. The number of urea groups is 1. The molecule has 0 unspecified atom stereocenters. The molecule has 0 aromatic rings. The van der Waals surface area contributed by atoms with Crippen molar-refractivity contribution in [2.24, 2.45) is 0 Å². The Balaban J connectivity index is 3.25. The van der Waals surface area contributed by atoms with Crippen LogP contribution in [0, 0.1) is 0 Å². The van der Waals surface area contributed by atoms with Crippen molar-refractivity contribution in [3.8, 4) is 0 Å². The van der Waals surface area contributed by atoms with E-state index in [1.165, 1.54) is 6.92 Å². The van der Waals surface area contributed by atoms with Gasteiger partial charge in [0.25, 0.3) is 0 Å². The van der Waals surface area contributed by atoms with Gasteiger partial charge in [0.1, 0.15) is 0 Å². The summed E-state index contributed by atoms with van der Waals surface area (Å²) in [5.41, 5.74) is 0. The molecule has 0 saturated heterocycles. The van der Waals surface area contributed by atoms with Crippen LogP contribution in [0.25, 0.3) is 0 Å². The minimum atomic E-state index is -0.321. The van der Waals surface area contributed by atoms with Gasteiger partial charge in [0.05, 0.1) is 13.3 Å². The number of carbonyl (C=O) groups is 2. The first-order chi connectivity index (χ1) is 5.66. The Bertz CT molecular complexity index is 160. The van der Waals surface area contributed by atoms with Crippen LogP contribution in [0.15, 0.2) is 0 Å². The number of hydrogen-bond donors (Lipinski definition) is 4. The maximum Gasteiger partial charge on any atom is 0.317 e. The molecule has 0 aromatic heterocycles. The number of amides is 3. The fourth-order valence-electron chi connectivity index (χ4n) is 0.480. The molecular weight excluding hydrogens is 160 g/mol. The van der Waals surface area contributed by atoms with E-state index in [0.717, 1.165) is 0 Å². The summed E-state index contributed by atoms with van der Waals surface area (Å²) in [7, 11) is 1.72. The standard InChI is InChI=1S/C6H14N4O2/c1-5(11)8-4-10-6(12)9-3-7-2/h7H,3-4H2,1-2H3,(H,8,11)(H2,9,10,12). The van der Waals surface area contributed by atoms with Gasteiger partial charge >= 0.3 is 6.03 Å². The van der Waals surface area contributed by atoms with Crippen LogP contribution in [0.5, 0.6) is 0 Å². The molecule has 0 aliphatic rings. The molecule has 0 atom stereocenters. The molecule has 0 heterocycles. The molecule has 0 spiro atoms. The Labute approximate surface area is 71.1 Å². The van der Waals surface area contributed by atoms with Crippen molar-refractivity contribution >= 4 is 11.9 Å². The Morgan fingerprint density at radius 2 is 1.67 bits per heavy atom. The zero-order chi connectivity index (χ0) is 9.40. The van der Waals surface area contributed by atoms with Gasteiger partial charge in [0.15, 0.2) is 0 Å². The highest BCUT2D eigenvalue weighted by molar-refractivity contribution is 5.75. The summed E-state index contributed by atoms with van der Waals surface area (Å²) >= 11 is 0. The first-order valence-electron chi connectivity index (χ1n) is 3.57. The van der Waals surface area contributed by atoms with Crippen molar-refractivity contribution in [2.45, 2.75) is 6.92 Å². The average molecular weight is 174 g/mol. The Kier molecular flexibility index (Phi) is 5.72. The lowest BCUT2D eigenvalue weighted by atomic mass is 10.7. The molecule has 0 aliphatic carbocycles.